The van der Waals surface area contributed by atoms with E-state index in [9.17, 15) is 18.0 Å². The SMILES string of the molecule is CC[C@@H](NC(=O)CCN1C(=O)c2ccccc2S1(=O)=O)c1ccc(C)c(C)c1. The predicted octanol–water partition coefficient (Wildman–Crippen LogP) is 3.11. The molecule has 0 bridgehead atoms. The number of aryl methyl sites for hydroxylation is 2. The summed E-state index contributed by atoms with van der Waals surface area (Å²) in [6.07, 6.45) is 0.626. The third kappa shape index (κ3) is 3.67. The summed E-state index contributed by atoms with van der Waals surface area (Å²) in [6, 6.07) is 12.0. The van der Waals surface area contributed by atoms with Crippen LogP contribution < -0.4 is 5.32 Å². The van der Waals surface area contributed by atoms with E-state index in [1.807, 2.05) is 32.9 Å². The molecule has 0 aliphatic carbocycles. The van der Waals surface area contributed by atoms with Crippen molar-refractivity contribution in [3.63, 3.8) is 0 Å². The zero-order valence-corrected chi connectivity index (χ0v) is 17.0. The van der Waals surface area contributed by atoms with E-state index in [4.69, 9.17) is 0 Å². The van der Waals surface area contributed by atoms with Gasteiger partial charge >= 0.3 is 0 Å². The zero-order valence-electron chi connectivity index (χ0n) is 16.2. The number of sulfonamides is 1. The van der Waals surface area contributed by atoms with Gasteiger partial charge in [0.25, 0.3) is 15.9 Å². The molecule has 3 rings (SSSR count). The Bertz CT molecular complexity index is 1030. The standard InChI is InChI=1S/C21H24N2O4S/c1-4-18(16-10-9-14(2)15(3)13-16)22-20(24)11-12-23-21(25)17-7-5-6-8-19(17)28(23,26)27/h5-10,13,18H,4,11-12H2,1-3H3,(H,22,24)/t18-/m1/s1. The average Bonchev–Trinajstić information content (AvgIpc) is 2.86. The normalized spacial score (nSPS) is 16.0. The fourth-order valence-electron chi connectivity index (χ4n) is 3.32. The summed E-state index contributed by atoms with van der Waals surface area (Å²) < 4.78 is 25.9. The van der Waals surface area contributed by atoms with E-state index < -0.39 is 15.9 Å². The van der Waals surface area contributed by atoms with Crippen LogP contribution in [0.2, 0.25) is 0 Å². The molecule has 1 N–H and O–H groups in total. The lowest BCUT2D eigenvalue weighted by atomic mass is 9.99. The maximum atomic E-state index is 12.5. The van der Waals surface area contributed by atoms with Crippen molar-refractivity contribution in [2.75, 3.05) is 6.54 Å². The molecule has 28 heavy (non-hydrogen) atoms. The van der Waals surface area contributed by atoms with Gasteiger partial charge < -0.3 is 5.32 Å². The summed E-state index contributed by atoms with van der Waals surface area (Å²) in [5.74, 6) is -0.867. The van der Waals surface area contributed by atoms with E-state index in [2.05, 4.69) is 11.4 Å². The van der Waals surface area contributed by atoms with Gasteiger partial charge in [-0.3, -0.25) is 9.59 Å². The van der Waals surface area contributed by atoms with Crippen LogP contribution in [0.5, 0.6) is 0 Å². The van der Waals surface area contributed by atoms with Gasteiger partial charge in [-0.15, -0.1) is 0 Å². The lowest BCUT2D eigenvalue weighted by molar-refractivity contribution is -0.121. The van der Waals surface area contributed by atoms with Crippen LogP contribution in [0.15, 0.2) is 47.4 Å². The molecule has 0 saturated heterocycles. The van der Waals surface area contributed by atoms with Gasteiger partial charge in [0.2, 0.25) is 5.91 Å². The first-order chi connectivity index (χ1) is 13.3. The smallest absolute Gasteiger partial charge is 0.269 e. The molecular formula is C21H24N2O4S. The highest BCUT2D eigenvalue weighted by Gasteiger charge is 2.40. The van der Waals surface area contributed by atoms with Crippen LogP contribution in [0.3, 0.4) is 0 Å². The van der Waals surface area contributed by atoms with Gasteiger partial charge in [0.1, 0.15) is 4.90 Å². The molecule has 2 amide bonds. The van der Waals surface area contributed by atoms with Gasteiger partial charge in [-0.25, -0.2) is 12.7 Å². The molecule has 1 aliphatic heterocycles. The first kappa shape index (κ1) is 20.1. The fourth-order valence-corrected chi connectivity index (χ4v) is 4.89. The topological polar surface area (TPSA) is 83.6 Å². The molecule has 0 aromatic heterocycles. The van der Waals surface area contributed by atoms with Crippen molar-refractivity contribution >= 4 is 21.8 Å². The van der Waals surface area contributed by atoms with Crippen LogP contribution in [0.25, 0.3) is 0 Å². The van der Waals surface area contributed by atoms with Crippen LogP contribution in [-0.4, -0.2) is 31.1 Å². The second kappa shape index (κ2) is 7.75. The van der Waals surface area contributed by atoms with E-state index in [-0.39, 0.29) is 35.4 Å². The van der Waals surface area contributed by atoms with E-state index in [1.54, 1.807) is 12.1 Å². The Morgan fingerprint density at radius 3 is 2.46 bits per heavy atom. The van der Waals surface area contributed by atoms with E-state index >= 15 is 0 Å². The Balaban J connectivity index is 1.67. The Morgan fingerprint density at radius 1 is 1.11 bits per heavy atom. The van der Waals surface area contributed by atoms with Crippen molar-refractivity contribution in [2.45, 2.75) is 44.6 Å². The van der Waals surface area contributed by atoms with Crippen molar-refractivity contribution in [3.8, 4) is 0 Å². The van der Waals surface area contributed by atoms with Crippen molar-refractivity contribution in [2.24, 2.45) is 0 Å². The molecule has 0 spiro atoms. The molecule has 0 radical (unpaired) electrons. The number of carbonyl (C=O) groups is 2. The Kier molecular flexibility index (Phi) is 5.56. The molecule has 6 nitrogen and oxygen atoms in total. The van der Waals surface area contributed by atoms with Crippen molar-refractivity contribution in [1.82, 2.24) is 9.62 Å². The van der Waals surface area contributed by atoms with Crippen molar-refractivity contribution in [3.05, 3.63) is 64.7 Å². The summed E-state index contributed by atoms with van der Waals surface area (Å²) in [6.45, 7) is 5.86. The van der Waals surface area contributed by atoms with Gasteiger partial charge in [-0.05, 0) is 49.1 Å². The average molecular weight is 401 g/mol. The quantitative estimate of drug-likeness (QED) is 0.808. The monoisotopic (exact) mass is 400 g/mol. The number of fused-ring (bicyclic) bond motifs is 1. The number of amides is 2. The number of rotatable bonds is 6. The molecule has 1 heterocycles. The second-order valence-electron chi connectivity index (χ2n) is 7.00. The Labute approximate surface area is 165 Å². The molecule has 7 heteroatoms. The van der Waals surface area contributed by atoms with Crippen LogP contribution in [0, 0.1) is 13.8 Å². The third-order valence-electron chi connectivity index (χ3n) is 5.13. The Morgan fingerprint density at radius 2 is 1.82 bits per heavy atom. The summed E-state index contributed by atoms with van der Waals surface area (Å²) in [5, 5.41) is 2.95. The summed E-state index contributed by atoms with van der Waals surface area (Å²) in [5.41, 5.74) is 3.50. The van der Waals surface area contributed by atoms with Gasteiger partial charge in [0.05, 0.1) is 11.6 Å². The number of hydrogen-bond acceptors (Lipinski definition) is 4. The highest BCUT2D eigenvalue weighted by atomic mass is 32.2. The summed E-state index contributed by atoms with van der Waals surface area (Å²) in [4.78, 5) is 24.9. The number of hydrogen-bond donors (Lipinski definition) is 1. The number of benzene rings is 2. The molecule has 0 fully saturated rings. The van der Waals surface area contributed by atoms with Crippen LogP contribution in [0.4, 0.5) is 0 Å². The van der Waals surface area contributed by atoms with E-state index in [0.29, 0.717) is 6.42 Å². The minimum absolute atomic E-state index is 0.00183. The van der Waals surface area contributed by atoms with Gasteiger partial charge in [-0.2, -0.15) is 0 Å². The molecule has 2 aromatic carbocycles. The minimum Gasteiger partial charge on any atom is -0.349 e. The van der Waals surface area contributed by atoms with Crippen molar-refractivity contribution < 1.29 is 18.0 Å². The van der Waals surface area contributed by atoms with Gasteiger partial charge in [-0.1, -0.05) is 37.3 Å². The minimum atomic E-state index is -3.88. The molecule has 0 saturated carbocycles. The van der Waals surface area contributed by atoms with Gasteiger partial charge in [0.15, 0.2) is 0 Å². The number of nitrogens with zero attached hydrogens (tertiary/aromatic N) is 1. The number of carbonyl (C=O) groups excluding carboxylic acids is 2. The zero-order chi connectivity index (χ0) is 20.5. The van der Waals surface area contributed by atoms with Crippen LogP contribution in [0.1, 0.15) is 52.9 Å². The summed E-state index contributed by atoms with van der Waals surface area (Å²) >= 11 is 0. The summed E-state index contributed by atoms with van der Waals surface area (Å²) in [7, 11) is -3.88. The highest BCUT2D eigenvalue weighted by Crippen LogP contribution is 2.30. The van der Waals surface area contributed by atoms with Crippen molar-refractivity contribution in [1.29, 1.82) is 0 Å². The molecule has 148 valence electrons. The third-order valence-corrected chi connectivity index (χ3v) is 6.97. The van der Waals surface area contributed by atoms with E-state index in [0.717, 1.165) is 15.4 Å². The molecule has 0 unspecified atom stereocenters. The first-order valence-corrected chi connectivity index (χ1v) is 10.7. The lowest BCUT2D eigenvalue weighted by Crippen LogP contribution is -2.35. The first-order valence-electron chi connectivity index (χ1n) is 9.28. The number of nitrogens with one attached hydrogen (secondary N) is 1. The molecular weight excluding hydrogens is 376 g/mol. The van der Waals surface area contributed by atoms with Crippen LogP contribution >= 0.6 is 0 Å². The second-order valence-corrected chi connectivity index (χ2v) is 8.83. The Hall–Kier alpha value is -2.67. The molecule has 1 aliphatic rings. The van der Waals surface area contributed by atoms with Gasteiger partial charge in [0, 0.05) is 13.0 Å². The predicted molar refractivity (Wildman–Crippen MR) is 106 cm³/mol. The molecule has 2 aromatic rings. The fraction of sp³-hybridized carbons (Fsp3) is 0.333. The molecule has 1 atom stereocenters. The maximum Gasteiger partial charge on any atom is 0.269 e. The highest BCUT2D eigenvalue weighted by molar-refractivity contribution is 7.90. The van der Waals surface area contributed by atoms with Crippen LogP contribution in [-0.2, 0) is 14.8 Å². The maximum absolute atomic E-state index is 12.5. The lowest BCUT2D eigenvalue weighted by Gasteiger charge is -2.20. The largest absolute Gasteiger partial charge is 0.349 e. The van der Waals surface area contributed by atoms with E-state index in [1.165, 1.54) is 17.7 Å².